The molecule has 1 saturated heterocycles. The van der Waals surface area contributed by atoms with Gasteiger partial charge in [-0.1, -0.05) is 33.6 Å². The number of likely N-dealkylation sites (tertiary alicyclic amines) is 1. The molecule has 1 atom stereocenters. The molecule has 1 amide bonds. The molecule has 104 valence electrons. The second kappa shape index (κ2) is 4.84. The van der Waals surface area contributed by atoms with Crippen molar-refractivity contribution in [2.24, 2.45) is 22.5 Å². The highest BCUT2D eigenvalue weighted by Gasteiger charge is 2.45. The third kappa shape index (κ3) is 2.42. The average Bonchev–Trinajstić information content (AvgIpc) is 2.97. The molecule has 1 saturated carbocycles. The Kier molecular flexibility index (Phi) is 3.72. The second-order valence-electron chi connectivity index (χ2n) is 7.29. The van der Waals surface area contributed by atoms with E-state index in [1.54, 1.807) is 0 Å². The number of amides is 1. The molecule has 18 heavy (non-hydrogen) atoms. The van der Waals surface area contributed by atoms with Crippen LogP contribution in [0.15, 0.2) is 0 Å². The third-order valence-corrected chi connectivity index (χ3v) is 5.11. The summed E-state index contributed by atoms with van der Waals surface area (Å²) in [6, 6.07) is 0. The van der Waals surface area contributed by atoms with Crippen LogP contribution >= 0.6 is 0 Å². The van der Waals surface area contributed by atoms with E-state index >= 15 is 0 Å². The number of rotatable bonds is 2. The van der Waals surface area contributed by atoms with Crippen molar-refractivity contribution in [1.29, 1.82) is 0 Å². The Labute approximate surface area is 111 Å². The number of nitrogens with zero attached hydrogens (tertiary/aromatic N) is 1. The molecular formula is C15H28N2O. The molecular weight excluding hydrogens is 224 g/mol. The number of carbonyl (C=O) groups excluding carboxylic acids is 1. The van der Waals surface area contributed by atoms with Gasteiger partial charge in [0.1, 0.15) is 0 Å². The van der Waals surface area contributed by atoms with Gasteiger partial charge in [-0.3, -0.25) is 4.79 Å². The molecule has 1 aliphatic carbocycles. The van der Waals surface area contributed by atoms with Gasteiger partial charge < -0.3 is 10.6 Å². The van der Waals surface area contributed by atoms with Gasteiger partial charge in [0.25, 0.3) is 0 Å². The summed E-state index contributed by atoms with van der Waals surface area (Å²) >= 11 is 0. The van der Waals surface area contributed by atoms with Crippen molar-refractivity contribution in [1.82, 2.24) is 4.90 Å². The van der Waals surface area contributed by atoms with E-state index in [0.29, 0.717) is 23.8 Å². The number of nitrogens with two attached hydrogens (primary N) is 1. The minimum Gasteiger partial charge on any atom is -0.342 e. The molecule has 3 heteroatoms. The first-order valence-corrected chi connectivity index (χ1v) is 7.38. The topological polar surface area (TPSA) is 46.3 Å². The lowest BCUT2D eigenvalue weighted by atomic mass is 9.80. The summed E-state index contributed by atoms with van der Waals surface area (Å²) in [5.41, 5.74) is 6.00. The van der Waals surface area contributed by atoms with Crippen LogP contribution in [0, 0.1) is 16.7 Å². The van der Waals surface area contributed by atoms with Gasteiger partial charge in [-0.05, 0) is 30.6 Å². The van der Waals surface area contributed by atoms with Gasteiger partial charge in [0.15, 0.2) is 0 Å². The van der Waals surface area contributed by atoms with E-state index in [9.17, 15) is 4.79 Å². The standard InChI is InChI=1S/C15H28N2O/c1-14(2,3)12-6-9-17(10-12)13(18)15(11-16)7-4-5-8-15/h12H,4-11,16H2,1-3H3. The Morgan fingerprint density at radius 2 is 1.94 bits per heavy atom. The monoisotopic (exact) mass is 252 g/mol. The van der Waals surface area contributed by atoms with E-state index < -0.39 is 0 Å². The first-order chi connectivity index (χ1) is 8.39. The maximum absolute atomic E-state index is 12.7. The smallest absolute Gasteiger partial charge is 0.230 e. The van der Waals surface area contributed by atoms with Gasteiger partial charge in [0.05, 0.1) is 5.41 Å². The van der Waals surface area contributed by atoms with Crippen LogP contribution in [0.1, 0.15) is 52.9 Å². The van der Waals surface area contributed by atoms with Crippen LogP contribution in [0.25, 0.3) is 0 Å². The fourth-order valence-electron chi connectivity index (χ4n) is 3.54. The normalized spacial score (nSPS) is 27.8. The molecule has 1 heterocycles. The van der Waals surface area contributed by atoms with Gasteiger partial charge in [0.2, 0.25) is 5.91 Å². The minimum absolute atomic E-state index is 0.216. The average molecular weight is 252 g/mol. The zero-order chi connectivity index (χ0) is 13.4. The summed E-state index contributed by atoms with van der Waals surface area (Å²) in [5.74, 6) is 0.979. The highest BCUT2D eigenvalue weighted by atomic mass is 16.2. The Balaban J connectivity index is 2.03. The predicted octanol–water partition coefficient (Wildman–Crippen LogP) is 2.40. The molecule has 2 N–H and O–H groups in total. The molecule has 0 spiro atoms. The Bertz CT molecular complexity index is 313. The number of carbonyl (C=O) groups is 1. The zero-order valence-electron chi connectivity index (χ0n) is 12.2. The molecule has 0 aromatic carbocycles. The van der Waals surface area contributed by atoms with Gasteiger partial charge >= 0.3 is 0 Å². The Morgan fingerprint density at radius 1 is 1.33 bits per heavy atom. The quantitative estimate of drug-likeness (QED) is 0.820. The Hall–Kier alpha value is -0.570. The van der Waals surface area contributed by atoms with Gasteiger partial charge in [-0.25, -0.2) is 0 Å². The van der Waals surface area contributed by atoms with Gasteiger partial charge in [-0.2, -0.15) is 0 Å². The summed E-state index contributed by atoms with van der Waals surface area (Å²) in [5, 5.41) is 0. The fraction of sp³-hybridized carbons (Fsp3) is 0.933. The zero-order valence-corrected chi connectivity index (χ0v) is 12.2. The predicted molar refractivity (Wildman–Crippen MR) is 74.1 cm³/mol. The first-order valence-electron chi connectivity index (χ1n) is 7.38. The minimum atomic E-state index is -0.216. The van der Waals surface area contributed by atoms with E-state index in [4.69, 9.17) is 5.73 Å². The Morgan fingerprint density at radius 3 is 2.39 bits per heavy atom. The van der Waals surface area contributed by atoms with Crippen molar-refractivity contribution < 1.29 is 4.79 Å². The SMILES string of the molecule is CC(C)(C)C1CCN(C(=O)C2(CN)CCCC2)C1. The largest absolute Gasteiger partial charge is 0.342 e. The summed E-state index contributed by atoms with van der Waals surface area (Å²) in [7, 11) is 0. The molecule has 0 aromatic rings. The maximum atomic E-state index is 12.7. The van der Waals surface area contributed by atoms with E-state index in [1.165, 1.54) is 12.8 Å². The van der Waals surface area contributed by atoms with Crippen LogP contribution in [-0.2, 0) is 4.79 Å². The first kappa shape index (κ1) is 13.9. The third-order valence-electron chi connectivity index (χ3n) is 5.11. The molecule has 0 radical (unpaired) electrons. The van der Waals surface area contributed by atoms with Crippen LogP contribution in [0.3, 0.4) is 0 Å². The van der Waals surface area contributed by atoms with Crippen LogP contribution in [0.5, 0.6) is 0 Å². The van der Waals surface area contributed by atoms with Crippen molar-refractivity contribution in [2.75, 3.05) is 19.6 Å². The molecule has 2 fully saturated rings. The molecule has 0 aromatic heterocycles. The number of hydrogen-bond acceptors (Lipinski definition) is 2. The molecule has 3 nitrogen and oxygen atoms in total. The van der Waals surface area contributed by atoms with Crippen molar-refractivity contribution in [3.63, 3.8) is 0 Å². The van der Waals surface area contributed by atoms with Crippen molar-refractivity contribution in [3.05, 3.63) is 0 Å². The van der Waals surface area contributed by atoms with E-state index in [-0.39, 0.29) is 5.41 Å². The molecule has 2 aliphatic rings. The summed E-state index contributed by atoms with van der Waals surface area (Å²) in [6.07, 6.45) is 5.48. The maximum Gasteiger partial charge on any atom is 0.230 e. The van der Waals surface area contributed by atoms with Crippen LogP contribution in [0.4, 0.5) is 0 Å². The number of hydrogen-bond donors (Lipinski definition) is 1. The molecule has 0 bridgehead atoms. The lowest BCUT2D eigenvalue weighted by Crippen LogP contribution is -2.46. The molecule has 2 rings (SSSR count). The molecule has 1 aliphatic heterocycles. The highest BCUT2D eigenvalue weighted by Crippen LogP contribution is 2.41. The summed E-state index contributed by atoms with van der Waals surface area (Å²) < 4.78 is 0. The van der Waals surface area contributed by atoms with Crippen LogP contribution < -0.4 is 5.73 Å². The lowest BCUT2D eigenvalue weighted by molar-refractivity contribution is -0.140. The highest BCUT2D eigenvalue weighted by molar-refractivity contribution is 5.83. The van der Waals surface area contributed by atoms with Gasteiger partial charge in [-0.15, -0.1) is 0 Å². The van der Waals surface area contributed by atoms with E-state index in [0.717, 1.165) is 32.4 Å². The van der Waals surface area contributed by atoms with E-state index in [2.05, 4.69) is 25.7 Å². The van der Waals surface area contributed by atoms with Crippen molar-refractivity contribution >= 4 is 5.91 Å². The van der Waals surface area contributed by atoms with Gasteiger partial charge in [0, 0.05) is 19.6 Å². The van der Waals surface area contributed by atoms with Crippen molar-refractivity contribution in [3.8, 4) is 0 Å². The second-order valence-corrected chi connectivity index (χ2v) is 7.29. The summed E-state index contributed by atoms with van der Waals surface area (Å²) in [4.78, 5) is 14.8. The van der Waals surface area contributed by atoms with Crippen molar-refractivity contribution in [2.45, 2.75) is 52.9 Å². The molecule has 1 unspecified atom stereocenters. The summed E-state index contributed by atoms with van der Waals surface area (Å²) in [6.45, 7) is 9.23. The lowest BCUT2D eigenvalue weighted by Gasteiger charge is -2.32. The fourth-order valence-corrected chi connectivity index (χ4v) is 3.54. The van der Waals surface area contributed by atoms with Crippen LogP contribution in [-0.4, -0.2) is 30.4 Å². The van der Waals surface area contributed by atoms with Crippen LogP contribution in [0.2, 0.25) is 0 Å². The van der Waals surface area contributed by atoms with E-state index in [1.807, 2.05) is 0 Å².